The Hall–Kier alpha value is -1.15. The Labute approximate surface area is 104 Å². The minimum atomic E-state index is 0.172. The summed E-state index contributed by atoms with van der Waals surface area (Å²) >= 11 is 0. The summed E-state index contributed by atoms with van der Waals surface area (Å²) in [5.41, 5.74) is 2.08. The van der Waals surface area contributed by atoms with Gasteiger partial charge in [0, 0.05) is 11.5 Å². The fourth-order valence-electron chi connectivity index (χ4n) is 2.12. The molecule has 0 bridgehead atoms. The molecule has 0 aliphatic heterocycles. The Balaban J connectivity index is 2.91. The smallest absolute Gasteiger partial charge is 0.166 e. The minimum Gasteiger partial charge on any atom is -0.319 e. The standard InChI is InChI=1S/C15H23NO/c1-4-12(5-2)15(17)14-9-7-6-8-13(14)10-11-16-3/h6-9,12,16H,4-5,10-11H2,1-3H3. The van der Waals surface area contributed by atoms with Crippen molar-refractivity contribution in [2.45, 2.75) is 33.1 Å². The van der Waals surface area contributed by atoms with Crippen LogP contribution in [0.3, 0.4) is 0 Å². The van der Waals surface area contributed by atoms with Gasteiger partial charge >= 0.3 is 0 Å². The van der Waals surface area contributed by atoms with Crippen molar-refractivity contribution in [2.24, 2.45) is 5.92 Å². The molecular formula is C15H23NO. The fourth-order valence-corrected chi connectivity index (χ4v) is 2.12. The van der Waals surface area contributed by atoms with Gasteiger partial charge in [-0.05, 0) is 38.4 Å². The number of hydrogen-bond acceptors (Lipinski definition) is 2. The summed E-state index contributed by atoms with van der Waals surface area (Å²) in [7, 11) is 1.94. The van der Waals surface area contributed by atoms with Crippen molar-refractivity contribution in [3.63, 3.8) is 0 Å². The lowest BCUT2D eigenvalue weighted by atomic mass is 9.89. The summed E-state index contributed by atoms with van der Waals surface area (Å²) in [5.74, 6) is 0.479. The van der Waals surface area contributed by atoms with E-state index in [1.807, 2.05) is 25.2 Å². The van der Waals surface area contributed by atoms with Crippen molar-refractivity contribution < 1.29 is 4.79 Å². The second kappa shape index (κ2) is 7.23. The maximum atomic E-state index is 12.4. The number of benzene rings is 1. The van der Waals surface area contributed by atoms with E-state index in [0.717, 1.165) is 31.4 Å². The van der Waals surface area contributed by atoms with Gasteiger partial charge in [-0.1, -0.05) is 38.1 Å². The van der Waals surface area contributed by atoms with Crippen molar-refractivity contribution in [1.29, 1.82) is 0 Å². The summed E-state index contributed by atoms with van der Waals surface area (Å²) < 4.78 is 0. The van der Waals surface area contributed by atoms with E-state index in [1.165, 1.54) is 5.56 Å². The van der Waals surface area contributed by atoms with Gasteiger partial charge in [0.25, 0.3) is 0 Å². The van der Waals surface area contributed by atoms with Crippen LogP contribution in [0.4, 0.5) is 0 Å². The zero-order valence-electron chi connectivity index (χ0n) is 11.1. The predicted octanol–water partition coefficient (Wildman–Crippen LogP) is 3.07. The summed E-state index contributed by atoms with van der Waals surface area (Å²) in [4.78, 5) is 12.4. The molecule has 0 atom stereocenters. The zero-order chi connectivity index (χ0) is 12.7. The highest BCUT2D eigenvalue weighted by Crippen LogP contribution is 2.19. The molecule has 0 aliphatic rings. The lowest BCUT2D eigenvalue weighted by molar-refractivity contribution is 0.0912. The molecular weight excluding hydrogens is 210 g/mol. The zero-order valence-corrected chi connectivity index (χ0v) is 11.1. The van der Waals surface area contributed by atoms with Crippen LogP contribution in [0.2, 0.25) is 0 Å². The Morgan fingerprint density at radius 3 is 2.47 bits per heavy atom. The SMILES string of the molecule is CCC(CC)C(=O)c1ccccc1CCNC. The number of Topliss-reactive ketones (excluding diaryl/α,β-unsaturated/α-hetero) is 1. The monoisotopic (exact) mass is 233 g/mol. The molecule has 0 heterocycles. The van der Waals surface area contributed by atoms with Crippen molar-refractivity contribution in [3.05, 3.63) is 35.4 Å². The fraction of sp³-hybridized carbons (Fsp3) is 0.533. The molecule has 0 fully saturated rings. The number of rotatable bonds is 7. The molecule has 94 valence electrons. The van der Waals surface area contributed by atoms with Crippen molar-refractivity contribution >= 4 is 5.78 Å². The molecule has 0 amide bonds. The molecule has 17 heavy (non-hydrogen) atoms. The van der Waals surface area contributed by atoms with Crippen LogP contribution in [0.5, 0.6) is 0 Å². The van der Waals surface area contributed by atoms with Crippen LogP contribution in [0.25, 0.3) is 0 Å². The third-order valence-electron chi connectivity index (χ3n) is 3.28. The van der Waals surface area contributed by atoms with Gasteiger partial charge < -0.3 is 5.32 Å². The lowest BCUT2D eigenvalue weighted by Crippen LogP contribution is -2.17. The molecule has 1 aromatic carbocycles. The van der Waals surface area contributed by atoms with E-state index < -0.39 is 0 Å². The maximum Gasteiger partial charge on any atom is 0.166 e. The topological polar surface area (TPSA) is 29.1 Å². The van der Waals surface area contributed by atoms with Crippen LogP contribution in [-0.2, 0) is 6.42 Å². The summed E-state index contributed by atoms with van der Waals surface area (Å²) in [5, 5.41) is 3.13. The van der Waals surface area contributed by atoms with E-state index in [0.29, 0.717) is 5.78 Å². The highest BCUT2D eigenvalue weighted by molar-refractivity contribution is 5.99. The Bertz CT molecular complexity index is 356. The van der Waals surface area contributed by atoms with Gasteiger partial charge in [-0.3, -0.25) is 4.79 Å². The first kappa shape index (κ1) is 13.9. The number of hydrogen-bond donors (Lipinski definition) is 1. The van der Waals surface area contributed by atoms with E-state index in [-0.39, 0.29) is 5.92 Å². The van der Waals surface area contributed by atoms with Gasteiger partial charge in [-0.2, -0.15) is 0 Å². The number of likely N-dealkylation sites (N-methyl/N-ethyl adjacent to an activating group) is 1. The molecule has 0 unspecified atom stereocenters. The second-order valence-corrected chi connectivity index (χ2v) is 4.39. The first-order valence-electron chi connectivity index (χ1n) is 6.51. The number of carbonyl (C=O) groups is 1. The Morgan fingerprint density at radius 1 is 1.24 bits per heavy atom. The van der Waals surface area contributed by atoms with E-state index >= 15 is 0 Å². The average Bonchev–Trinajstić information content (AvgIpc) is 2.38. The van der Waals surface area contributed by atoms with Crippen LogP contribution in [0.15, 0.2) is 24.3 Å². The molecule has 0 radical (unpaired) electrons. The van der Waals surface area contributed by atoms with Crippen LogP contribution in [-0.4, -0.2) is 19.4 Å². The van der Waals surface area contributed by atoms with Crippen molar-refractivity contribution in [3.8, 4) is 0 Å². The largest absolute Gasteiger partial charge is 0.319 e. The van der Waals surface area contributed by atoms with E-state index in [2.05, 4.69) is 25.2 Å². The highest BCUT2D eigenvalue weighted by Gasteiger charge is 2.18. The Kier molecular flexibility index (Phi) is 5.92. The van der Waals surface area contributed by atoms with E-state index in [1.54, 1.807) is 0 Å². The molecule has 1 aromatic rings. The molecule has 1 N–H and O–H groups in total. The average molecular weight is 233 g/mol. The third kappa shape index (κ3) is 3.67. The number of nitrogens with one attached hydrogen (secondary N) is 1. The molecule has 0 aliphatic carbocycles. The molecule has 0 saturated carbocycles. The van der Waals surface area contributed by atoms with Crippen molar-refractivity contribution in [1.82, 2.24) is 5.32 Å². The van der Waals surface area contributed by atoms with Crippen LogP contribution >= 0.6 is 0 Å². The molecule has 0 spiro atoms. The molecule has 0 saturated heterocycles. The Morgan fingerprint density at radius 2 is 1.88 bits per heavy atom. The number of ketones is 1. The van der Waals surface area contributed by atoms with Crippen LogP contribution in [0.1, 0.15) is 42.6 Å². The molecule has 1 rings (SSSR count). The van der Waals surface area contributed by atoms with Gasteiger partial charge in [0.1, 0.15) is 0 Å². The highest BCUT2D eigenvalue weighted by atomic mass is 16.1. The molecule has 2 nitrogen and oxygen atoms in total. The first-order valence-corrected chi connectivity index (χ1v) is 6.51. The number of carbonyl (C=O) groups excluding carboxylic acids is 1. The van der Waals surface area contributed by atoms with Gasteiger partial charge in [-0.15, -0.1) is 0 Å². The summed E-state index contributed by atoms with van der Waals surface area (Å²) in [6, 6.07) is 7.99. The van der Waals surface area contributed by atoms with Crippen LogP contribution < -0.4 is 5.32 Å². The summed E-state index contributed by atoms with van der Waals surface area (Å²) in [6.45, 7) is 5.08. The van der Waals surface area contributed by atoms with Gasteiger partial charge in [-0.25, -0.2) is 0 Å². The lowest BCUT2D eigenvalue weighted by Gasteiger charge is -2.14. The minimum absolute atomic E-state index is 0.172. The van der Waals surface area contributed by atoms with Gasteiger partial charge in [0.05, 0.1) is 0 Å². The normalized spacial score (nSPS) is 10.8. The quantitative estimate of drug-likeness (QED) is 0.733. The third-order valence-corrected chi connectivity index (χ3v) is 3.28. The first-order chi connectivity index (χ1) is 8.24. The molecule has 0 aromatic heterocycles. The van der Waals surface area contributed by atoms with Crippen molar-refractivity contribution in [2.75, 3.05) is 13.6 Å². The van der Waals surface area contributed by atoms with Gasteiger partial charge in [0.15, 0.2) is 5.78 Å². The van der Waals surface area contributed by atoms with E-state index in [9.17, 15) is 4.79 Å². The van der Waals surface area contributed by atoms with Crippen LogP contribution in [0, 0.1) is 5.92 Å². The summed E-state index contributed by atoms with van der Waals surface area (Å²) in [6.07, 6.45) is 2.77. The van der Waals surface area contributed by atoms with Gasteiger partial charge in [0.2, 0.25) is 0 Å². The molecule has 2 heteroatoms. The maximum absolute atomic E-state index is 12.4. The predicted molar refractivity (Wildman–Crippen MR) is 72.5 cm³/mol. The second-order valence-electron chi connectivity index (χ2n) is 4.39. The van der Waals surface area contributed by atoms with E-state index in [4.69, 9.17) is 0 Å².